The van der Waals surface area contributed by atoms with Crippen molar-refractivity contribution in [3.05, 3.63) is 40.3 Å². The zero-order valence-corrected chi connectivity index (χ0v) is 16.7. The maximum atomic E-state index is 12.8. The molecular formula is C18H19ClO7S. The first kappa shape index (κ1) is 20.7. The molecule has 0 aliphatic carbocycles. The molecule has 0 heterocycles. The highest BCUT2D eigenvalue weighted by Gasteiger charge is 2.24. The van der Waals surface area contributed by atoms with Gasteiger partial charge in [-0.1, -0.05) is 17.7 Å². The zero-order chi connectivity index (χ0) is 20.2. The smallest absolute Gasteiger partial charge is 0.217 e. The summed E-state index contributed by atoms with van der Waals surface area (Å²) in [4.78, 5) is -0.129. The van der Waals surface area contributed by atoms with Crippen LogP contribution >= 0.6 is 11.6 Å². The summed E-state index contributed by atoms with van der Waals surface area (Å²) in [5, 5.41) is 9.82. The van der Waals surface area contributed by atoms with Crippen molar-refractivity contribution in [3.8, 4) is 28.7 Å². The Morgan fingerprint density at radius 2 is 1.48 bits per heavy atom. The zero-order valence-electron chi connectivity index (χ0n) is 15.1. The fraction of sp³-hybridized carbons (Fsp3) is 0.222. The number of rotatable bonds is 7. The largest absolute Gasteiger partial charge is 0.504 e. The van der Waals surface area contributed by atoms with Gasteiger partial charge in [-0.25, -0.2) is 8.42 Å². The first-order valence-electron chi connectivity index (χ1n) is 7.57. The highest BCUT2D eigenvalue weighted by atomic mass is 35.5. The molecule has 7 nitrogen and oxygen atoms in total. The molecule has 27 heavy (non-hydrogen) atoms. The van der Waals surface area contributed by atoms with Gasteiger partial charge in [-0.3, -0.25) is 0 Å². The average Bonchev–Trinajstić information content (AvgIpc) is 2.66. The molecule has 0 aromatic heterocycles. The molecule has 2 aromatic carbocycles. The molecule has 0 spiro atoms. The Bertz CT molecular complexity index is 943. The van der Waals surface area contributed by atoms with E-state index in [0.717, 1.165) is 0 Å². The summed E-state index contributed by atoms with van der Waals surface area (Å²) >= 11 is 6.08. The number of aromatic hydroxyl groups is 1. The molecule has 146 valence electrons. The standard InChI is InChI=1S/C18H19ClO7S/c1-23-14-6-5-11(7-13(14)20)8-17(19)27(21,22)12-9-15(24-2)18(26-4)16(10-12)25-3/h5-10,20H,1-4H3/b17-8+. The van der Waals surface area contributed by atoms with Gasteiger partial charge >= 0.3 is 0 Å². The van der Waals surface area contributed by atoms with E-state index in [0.29, 0.717) is 5.56 Å². The third-order valence-corrected chi connectivity index (χ3v) is 5.89. The normalized spacial score (nSPS) is 11.8. The summed E-state index contributed by atoms with van der Waals surface area (Å²) in [6.07, 6.45) is 1.22. The molecule has 0 unspecified atom stereocenters. The first-order valence-corrected chi connectivity index (χ1v) is 9.43. The molecule has 9 heteroatoms. The van der Waals surface area contributed by atoms with E-state index in [1.54, 1.807) is 6.07 Å². The number of phenols is 1. The van der Waals surface area contributed by atoms with Crippen molar-refractivity contribution < 1.29 is 32.5 Å². The molecule has 1 N–H and O–H groups in total. The fourth-order valence-electron chi connectivity index (χ4n) is 2.33. The highest BCUT2D eigenvalue weighted by Crippen LogP contribution is 2.41. The SMILES string of the molecule is COc1ccc(/C=C(\Cl)S(=O)(=O)c2cc(OC)c(OC)c(OC)c2)cc1O. The number of methoxy groups -OCH3 is 4. The Hall–Kier alpha value is -2.58. The van der Waals surface area contributed by atoms with E-state index in [9.17, 15) is 13.5 Å². The van der Waals surface area contributed by atoms with Gasteiger partial charge in [-0.15, -0.1) is 0 Å². The Kier molecular flexibility index (Phi) is 6.45. The minimum Gasteiger partial charge on any atom is -0.504 e. The Labute approximate surface area is 162 Å². The molecule has 0 fully saturated rings. The fourth-order valence-corrected chi connectivity index (χ4v) is 3.76. The van der Waals surface area contributed by atoms with Crippen LogP contribution in [0.25, 0.3) is 6.08 Å². The van der Waals surface area contributed by atoms with Crippen molar-refractivity contribution in [2.24, 2.45) is 0 Å². The third kappa shape index (κ3) is 4.23. The first-order chi connectivity index (χ1) is 12.8. The lowest BCUT2D eigenvalue weighted by Crippen LogP contribution is -2.04. The molecule has 0 amide bonds. The predicted molar refractivity (Wildman–Crippen MR) is 102 cm³/mol. The molecule has 0 bridgehead atoms. The van der Waals surface area contributed by atoms with Crippen LogP contribution in [-0.2, 0) is 9.84 Å². The van der Waals surface area contributed by atoms with E-state index in [2.05, 4.69) is 0 Å². The minimum absolute atomic E-state index is 0.129. The van der Waals surface area contributed by atoms with Crippen LogP contribution < -0.4 is 18.9 Å². The summed E-state index contributed by atoms with van der Waals surface area (Å²) in [7, 11) is 1.53. The van der Waals surface area contributed by atoms with Gasteiger partial charge in [0.05, 0.1) is 33.3 Å². The molecule has 0 saturated heterocycles. The molecule has 0 saturated carbocycles. The van der Waals surface area contributed by atoms with Crippen LogP contribution in [0.15, 0.2) is 39.6 Å². The lowest BCUT2D eigenvalue weighted by atomic mass is 10.2. The van der Waals surface area contributed by atoms with E-state index < -0.39 is 14.2 Å². The summed E-state index contributed by atoms with van der Waals surface area (Å²) < 4.78 is 45.7. The minimum atomic E-state index is -4.06. The molecule has 0 aliphatic heterocycles. The highest BCUT2D eigenvalue weighted by molar-refractivity contribution is 7.97. The topological polar surface area (TPSA) is 91.3 Å². The van der Waals surface area contributed by atoms with Crippen LogP contribution in [0.4, 0.5) is 0 Å². The second kappa shape index (κ2) is 8.41. The molecule has 2 rings (SSSR count). The van der Waals surface area contributed by atoms with E-state index in [-0.39, 0.29) is 33.6 Å². The van der Waals surface area contributed by atoms with Gasteiger partial charge in [-0.05, 0) is 23.8 Å². The maximum absolute atomic E-state index is 12.8. The van der Waals surface area contributed by atoms with Crippen molar-refractivity contribution in [1.29, 1.82) is 0 Å². The molecule has 0 atom stereocenters. The lowest BCUT2D eigenvalue weighted by Gasteiger charge is -2.14. The van der Waals surface area contributed by atoms with Crippen molar-refractivity contribution in [1.82, 2.24) is 0 Å². The summed E-state index contributed by atoms with van der Waals surface area (Å²) in [5.41, 5.74) is 0.384. The van der Waals surface area contributed by atoms with Gasteiger partial charge in [0.15, 0.2) is 23.0 Å². The van der Waals surface area contributed by atoms with Gasteiger partial charge in [0.25, 0.3) is 0 Å². The molecule has 0 aliphatic rings. The summed E-state index contributed by atoms with van der Waals surface area (Å²) in [6, 6.07) is 6.98. The quantitative estimate of drug-likeness (QED) is 0.741. The number of sulfone groups is 1. The van der Waals surface area contributed by atoms with E-state index in [1.165, 1.54) is 58.8 Å². The lowest BCUT2D eigenvalue weighted by molar-refractivity contribution is 0.323. The van der Waals surface area contributed by atoms with Crippen LogP contribution in [0.5, 0.6) is 28.7 Å². The second-order valence-corrected chi connectivity index (χ2v) is 7.79. The van der Waals surface area contributed by atoms with Crippen LogP contribution in [-0.4, -0.2) is 42.0 Å². The summed E-state index contributed by atoms with van der Waals surface area (Å²) in [5.74, 6) is 0.750. The monoisotopic (exact) mass is 414 g/mol. The van der Waals surface area contributed by atoms with E-state index in [4.69, 9.17) is 30.5 Å². The van der Waals surface area contributed by atoms with Crippen molar-refractivity contribution in [3.63, 3.8) is 0 Å². The van der Waals surface area contributed by atoms with Crippen LogP contribution in [0.2, 0.25) is 0 Å². The van der Waals surface area contributed by atoms with Gasteiger partial charge in [0, 0.05) is 12.1 Å². The number of halogens is 1. The van der Waals surface area contributed by atoms with Crippen LogP contribution in [0, 0.1) is 0 Å². The summed E-state index contributed by atoms with van der Waals surface area (Å²) in [6.45, 7) is 0. The van der Waals surface area contributed by atoms with Gasteiger partial charge in [0.1, 0.15) is 4.36 Å². The molecule has 2 aromatic rings. The number of ether oxygens (including phenoxy) is 4. The van der Waals surface area contributed by atoms with Gasteiger partial charge < -0.3 is 24.1 Å². The maximum Gasteiger partial charge on any atom is 0.217 e. The van der Waals surface area contributed by atoms with Crippen molar-refractivity contribution >= 4 is 27.5 Å². The number of hydrogen-bond acceptors (Lipinski definition) is 7. The predicted octanol–water partition coefficient (Wildman–Crippen LogP) is 3.44. The second-order valence-electron chi connectivity index (χ2n) is 5.24. The molecular weight excluding hydrogens is 396 g/mol. The Balaban J connectivity index is 2.52. The van der Waals surface area contributed by atoms with E-state index >= 15 is 0 Å². The number of hydrogen-bond donors (Lipinski definition) is 1. The average molecular weight is 415 g/mol. The Morgan fingerprint density at radius 1 is 0.926 bits per heavy atom. The third-order valence-electron chi connectivity index (χ3n) is 3.69. The van der Waals surface area contributed by atoms with Crippen LogP contribution in [0.1, 0.15) is 5.56 Å². The number of benzene rings is 2. The van der Waals surface area contributed by atoms with Gasteiger partial charge in [-0.2, -0.15) is 0 Å². The molecule has 0 radical (unpaired) electrons. The number of phenolic OH excluding ortho intramolecular Hbond substituents is 1. The van der Waals surface area contributed by atoms with Crippen molar-refractivity contribution in [2.45, 2.75) is 4.90 Å². The van der Waals surface area contributed by atoms with E-state index in [1.807, 2.05) is 0 Å². The Morgan fingerprint density at radius 3 is 1.93 bits per heavy atom. The van der Waals surface area contributed by atoms with Gasteiger partial charge in [0.2, 0.25) is 15.6 Å². The van der Waals surface area contributed by atoms with Crippen molar-refractivity contribution in [2.75, 3.05) is 28.4 Å². The van der Waals surface area contributed by atoms with Crippen LogP contribution in [0.3, 0.4) is 0 Å².